The summed E-state index contributed by atoms with van der Waals surface area (Å²) in [6.07, 6.45) is 0.690. The number of halogens is 3. The molecular weight excluding hydrogens is 389 g/mol. The molecule has 0 spiro atoms. The quantitative estimate of drug-likeness (QED) is 0.741. The van der Waals surface area contributed by atoms with E-state index in [2.05, 4.69) is 31.9 Å². The number of hydrogen-bond acceptors (Lipinski definition) is 1. The molecule has 1 unspecified atom stereocenters. The zero-order chi connectivity index (χ0) is 14.0. The highest BCUT2D eigenvalue weighted by Crippen LogP contribution is 2.29. The van der Waals surface area contributed by atoms with Gasteiger partial charge >= 0.3 is 0 Å². The summed E-state index contributed by atoms with van der Waals surface area (Å²) < 4.78 is 2.01. The van der Waals surface area contributed by atoms with Crippen molar-refractivity contribution in [3.05, 3.63) is 67.6 Å². The van der Waals surface area contributed by atoms with Crippen LogP contribution in [0.2, 0.25) is 5.02 Å². The molecule has 2 N–H and O–H groups in total. The van der Waals surface area contributed by atoms with Crippen LogP contribution in [0, 0.1) is 0 Å². The van der Waals surface area contributed by atoms with Crippen molar-refractivity contribution in [2.24, 2.45) is 5.73 Å². The van der Waals surface area contributed by atoms with E-state index in [1.54, 1.807) is 0 Å². The Hall–Kier alpha value is -0.350. The molecule has 1 atom stereocenters. The van der Waals surface area contributed by atoms with E-state index < -0.39 is 5.54 Å². The Balaban J connectivity index is 2.30. The van der Waals surface area contributed by atoms with Crippen molar-refractivity contribution >= 4 is 43.5 Å². The van der Waals surface area contributed by atoms with Gasteiger partial charge < -0.3 is 5.73 Å². The Bertz CT molecular complexity index is 596. The van der Waals surface area contributed by atoms with Crippen LogP contribution >= 0.6 is 43.5 Å². The SMILES string of the molecule is CC(N)(Cc1ccc(Br)cc1Cl)c1cccc(Br)c1. The molecule has 0 aromatic heterocycles. The van der Waals surface area contributed by atoms with E-state index in [9.17, 15) is 0 Å². The van der Waals surface area contributed by atoms with Crippen LogP contribution in [-0.2, 0) is 12.0 Å². The lowest BCUT2D eigenvalue weighted by Gasteiger charge is -2.26. The van der Waals surface area contributed by atoms with Gasteiger partial charge in [0.15, 0.2) is 0 Å². The smallest absolute Gasteiger partial charge is 0.0450 e. The molecule has 19 heavy (non-hydrogen) atoms. The van der Waals surface area contributed by atoms with Gasteiger partial charge in [0.2, 0.25) is 0 Å². The van der Waals surface area contributed by atoms with Gasteiger partial charge in [-0.05, 0) is 48.7 Å². The van der Waals surface area contributed by atoms with Crippen LogP contribution in [0.25, 0.3) is 0 Å². The highest BCUT2D eigenvalue weighted by molar-refractivity contribution is 9.10. The third-order valence-corrected chi connectivity index (χ3v) is 4.40. The van der Waals surface area contributed by atoms with Gasteiger partial charge in [-0.3, -0.25) is 0 Å². The Morgan fingerprint density at radius 2 is 1.79 bits per heavy atom. The van der Waals surface area contributed by atoms with E-state index in [1.807, 2.05) is 49.4 Å². The molecule has 0 saturated heterocycles. The summed E-state index contributed by atoms with van der Waals surface area (Å²) in [5.74, 6) is 0. The summed E-state index contributed by atoms with van der Waals surface area (Å²) in [6.45, 7) is 2.02. The molecule has 0 aliphatic carbocycles. The summed E-state index contributed by atoms with van der Waals surface area (Å²) in [5.41, 5.74) is 8.13. The molecule has 2 rings (SSSR count). The van der Waals surface area contributed by atoms with Crippen molar-refractivity contribution < 1.29 is 0 Å². The van der Waals surface area contributed by atoms with Crippen LogP contribution in [0.5, 0.6) is 0 Å². The maximum Gasteiger partial charge on any atom is 0.0450 e. The molecule has 2 aromatic rings. The second-order valence-corrected chi connectivity index (χ2v) is 7.08. The molecule has 100 valence electrons. The zero-order valence-electron chi connectivity index (χ0n) is 10.5. The molecule has 0 heterocycles. The van der Waals surface area contributed by atoms with E-state index in [4.69, 9.17) is 17.3 Å². The first-order valence-electron chi connectivity index (χ1n) is 5.87. The van der Waals surface area contributed by atoms with Crippen molar-refractivity contribution in [3.63, 3.8) is 0 Å². The first kappa shape index (κ1) is 15.0. The summed E-state index contributed by atoms with van der Waals surface area (Å²) in [7, 11) is 0. The normalized spacial score (nSPS) is 14.2. The fourth-order valence-corrected chi connectivity index (χ4v) is 3.15. The van der Waals surface area contributed by atoms with Crippen LogP contribution in [0.1, 0.15) is 18.1 Å². The summed E-state index contributed by atoms with van der Waals surface area (Å²) in [6, 6.07) is 14.0. The van der Waals surface area contributed by atoms with E-state index in [-0.39, 0.29) is 0 Å². The van der Waals surface area contributed by atoms with E-state index in [0.717, 1.165) is 25.1 Å². The van der Waals surface area contributed by atoms with Crippen LogP contribution in [-0.4, -0.2) is 0 Å². The van der Waals surface area contributed by atoms with Crippen molar-refractivity contribution in [1.82, 2.24) is 0 Å². The van der Waals surface area contributed by atoms with Crippen molar-refractivity contribution in [2.75, 3.05) is 0 Å². The lowest BCUT2D eigenvalue weighted by atomic mass is 9.87. The largest absolute Gasteiger partial charge is 0.321 e. The minimum atomic E-state index is -0.457. The molecule has 0 aliphatic heterocycles. The third-order valence-electron chi connectivity index (χ3n) is 3.06. The molecule has 2 aromatic carbocycles. The predicted molar refractivity (Wildman–Crippen MR) is 88.5 cm³/mol. The number of nitrogens with two attached hydrogens (primary N) is 1. The first-order chi connectivity index (χ1) is 8.88. The maximum atomic E-state index is 6.45. The van der Waals surface area contributed by atoms with Gasteiger partial charge in [-0.15, -0.1) is 0 Å². The molecule has 1 nitrogen and oxygen atoms in total. The van der Waals surface area contributed by atoms with Crippen molar-refractivity contribution in [2.45, 2.75) is 18.9 Å². The van der Waals surface area contributed by atoms with Gasteiger partial charge in [0, 0.05) is 19.5 Å². The molecule has 0 radical (unpaired) electrons. The van der Waals surface area contributed by atoms with Gasteiger partial charge in [0.1, 0.15) is 0 Å². The number of rotatable bonds is 3. The summed E-state index contributed by atoms with van der Waals surface area (Å²) >= 11 is 13.1. The Morgan fingerprint density at radius 1 is 1.11 bits per heavy atom. The minimum Gasteiger partial charge on any atom is -0.321 e. The van der Waals surface area contributed by atoms with Crippen molar-refractivity contribution in [3.8, 4) is 0 Å². The lowest BCUT2D eigenvalue weighted by Crippen LogP contribution is -2.35. The Kier molecular flexibility index (Phi) is 4.72. The van der Waals surface area contributed by atoms with Gasteiger partial charge in [-0.25, -0.2) is 0 Å². The fraction of sp³-hybridized carbons (Fsp3) is 0.200. The van der Waals surface area contributed by atoms with E-state index >= 15 is 0 Å². The zero-order valence-corrected chi connectivity index (χ0v) is 14.4. The van der Waals surface area contributed by atoms with Gasteiger partial charge in [-0.2, -0.15) is 0 Å². The monoisotopic (exact) mass is 401 g/mol. The Morgan fingerprint density at radius 3 is 2.42 bits per heavy atom. The third kappa shape index (κ3) is 3.82. The standard InChI is InChI=1S/C15H14Br2ClN/c1-15(19,11-3-2-4-12(16)7-11)9-10-5-6-13(17)8-14(10)18/h2-8H,9,19H2,1H3. The average Bonchev–Trinajstić information content (AvgIpc) is 2.33. The second-order valence-electron chi connectivity index (χ2n) is 4.84. The predicted octanol–water partition coefficient (Wildman–Crippen LogP) is 5.28. The topological polar surface area (TPSA) is 26.0 Å². The number of hydrogen-bond donors (Lipinski definition) is 1. The van der Waals surface area contributed by atoms with Gasteiger partial charge in [0.05, 0.1) is 0 Å². The van der Waals surface area contributed by atoms with Crippen LogP contribution in [0.15, 0.2) is 51.4 Å². The highest BCUT2D eigenvalue weighted by atomic mass is 79.9. The van der Waals surface area contributed by atoms with Crippen LogP contribution in [0.3, 0.4) is 0 Å². The van der Waals surface area contributed by atoms with Crippen LogP contribution in [0.4, 0.5) is 0 Å². The summed E-state index contributed by atoms with van der Waals surface area (Å²) in [5, 5.41) is 0.737. The minimum absolute atomic E-state index is 0.457. The molecular formula is C15H14Br2ClN. The molecule has 0 fully saturated rings. The Labute approximate surface area is 135 Å². The lowest BCUT2D eigenvalue weighted by molar-refractivity contribution is 0.491. The van der Waals surface area contributed by atoms with Crippen LogP contribution < -0.4 is 5.73 Å². The second kappa shape index (κ2) is 5.96. The highest BCUT2D eigenvalue weighted by Gasteiger charge is 2.23. The van der Waals surface area contributed by atoms with E-state index in [1.165, 1.54) is 0 Å². The average molecular weight is 404 g/mol. The summed E-state index contributed by atoms with van der Waals surface area (Å²) in [4.78, 5) is 0. The van der Waals surface area contributed by atoms with Gasteiger partial charge in [0.25, 0.3) is 0 Å². The number of benzene rings is 2. The van der Waals surface area contributed by atoms with Crippen molar-refractivity contribution in [1.29, 1.82) is 0 Å². The van der Waals surface area contributed by atoms with Gasteiger partial charge in [-0.1, -0.05) is 61.7 Å². The molecule has 4 heteroatoms. The van der Waals surface area contributed by atoms with E-state index in [0.29, 0.717) is 6.42 Å². The fourth-order valence-electron chi connectivity index (χ4n) is 2.01. The maximum absolute atomic E-state index is 6.45. The molecule has 0 bridgehead atoms. The molecule has 0 amide bonds. The molecule has 0 aliphatic rings. The molecule has 0 saturated carbocycles. The first-order valence-corrected chi connectivity index (χ1v) is 7.84.